The highest BCUT2D eigenvalue weighted by molar-refractivity contribution is 6.10. The van der Waals surface area contributed by atoms with Crippen molar-refractivity contribution in [3.05, 3.63) is 247 Å². The molecule has 0 bridgehead atoms. The number of fused-ring (bicyclic) bond motifs is 7. The van der Waals surface area contributed by atoms with E-state index in [0.29, 0.717) is 0 Å². The summed E-state index contributed by atoms with van der Waals surface area (Å²) in [6.07, 6.45) is 0. The second kappa shape index (κ2) is 16.0. The number of para-hydroxylation sites is 3. The van der Waals surface area contributed by atoms with E-state index >= 15 is 0 Å². The maximum absolute atomic E-state index is 2.45. The Morgan fingerprint density at radius 3 is 1.65 bits per heavy atom. The summed E-state index contributed by atoms with van der Waals surface area (Å²) in [4.78, 5) is 4.86. The van der Waals surface area contributed by atoms with Crippen molar-refractivity contribution in [2.45, 2.75) is 45.4 Å². The summed E-state index contributed by atoms with van der Waals surface area (Å²) in [5.41, 5.74) is 18.9. The normalized spacial score (nSPS) is 12.9. The lowest BCUT2D eigenvalue weighted by molar-refractivity contribution is 0.590. The molecular formula is C65H53N3. The lowest BCUT2D eigenvalue weighted by Crippen LogP contribution is -2.17. The molecule has 1 aliphatic rings. The molecule has 3 nitrogen and oxygen atoms in total. The van der Waals surface area contributed by atoms with E-state index in [1.54, 1.807) is 0 Å². The molecule has 328 valence electrons. The van der Waals surface area contributed by atoms with Crippen molar-refractivity contribution in [2.75, 3.05) is 9.80 Å². The van der Waals surface area contributed by atoms with Gasteiger partial charge in [0.25, 0.3) is 0 Å². The van der Waals surface area contributed by atoms with Gasteiger partial charge in [0.05, 0.1) is 11.0 Å². The van der Waals surface area contributed by atoms with Gasteiger partial charge < -0.3 is 14.4 Å². The highest BCUT2D eigenvalue weighted by Crippen LogP contribution is 2.51. The third-order valence-electron chi connectivity index (χ3n) is 14.3. The average Bonchev–Trinajstić information content (AvgIpc) is 3.82. The number of aromatic nitrogens is 1. The molecule has 0 saturated carbocycles. The van der Waals surface area contributed by atoms with E-state index < -0.39 is 0 Å². The molecule has 0 atom stereocenters. The van der Waals surface area contributed by atoms with Gasteiger partial charge in [-0.3, -0.25) is 0 Å². The second-order valence-electron chi connectivity index (χ2n) is 19.9. The quantitative estimate of drug-likeness (QED) is 0.151. The number of rotatable bonds is 8. The number of anilines is 6. The zero-order valence-electron chi connectivity index (χ0n) is 39.3. The van der Waals surface area contributed by atoms with Crippen LogP contribution in [-0.2, 0) is 10.8 Å². The van der Waals surface area contributed by atoms with Crippen LogP contribution in [0.2, 0.25) is 0 Å². The first kappa shape index (κ1) is 41.3. The van der Waals surface area contributed by atoms with Crippen molar-refractivity contribution in [3.63, 3.8) is 0 Å². The first-order valence-electron chi connectivity index (χ1n) is 23.8. The average molecular weight is 876 g/mol. The van der Waals surface area contributed by atoms with Crippen molar-refractivity contribution in [3.8, 4) is 27.9 Å². The molecule has 1 heterocycles. The van der Waals surface area contributed by atoms with Crippen LogP contribution in [0.3, 0.4) is 0 Å². The summed E-state index contributed by atoms with van der Waals surface area (Å²) < 4.78 is 2.42. The Balaban J connectivity index is 1.10. The van der Waals surface area contributed by atoms with Crippen LogP contribution in [0.25, 0.3) is 60.5 Å². The highest BCUT2D eigenvalue weighted by atomic mass is 15.2. The van der Waals surface area contributed by atoms with Crippen LogP contribution >= 0.6 is 0 Å². The van der Waals surface area contributed by atoms with E-state index in [1.165, 1.54) is 60.4 Å². The molecule has 0 amide bonds. The zero-order valence-corrected chi connectivity index (χ0v) is 39.3. The van der Waals surface area contributed by atoms with Gasteiger partial charge in [0.2, 0.25) is 0 Å². The maximum Gasteiger partial charge on any atom is 0.0541 e. The van der Waals surface area contributed by atoms with Crippen LogP contribution in [0, 0.1) is 0 Å². The molecule has 0 unspecified atom stereocenters. The Morgan fingerprint density at radius 1 is 0.368 bits per heavy atom. The molecule has 0 saturated heterocycles. The molecule has 3 heteroatoms. The SMILES string of the molecule is CC(C)(C)c1ccc(-n2c3ccccc3c3cc(-c4cc(N(c5ccccc5)c5ccc6c(c5)C(C)(C)c5ccccc5-6)cc(N(c5ccccc5)c5ccc6ccccc6c5)c4)ccc32)cc1. The fourth-order valence-corrected chi connectivity index (χ4v) is 10.8. The van der Waals surface area contributed by atoms with Crippen LogP contribution < -0.4 is 9.80 Å². The van der Waals surface area contributed by atoms with E-state index in [-0.39, 0.29) is 10.8 Å². The lowest BCUT2D eigenvalue weighted by Gasteiger charge is -2.31. The standard InChI is InChI=1S/C65H53N3/c1-64(2,3)48-30-33-51(34-31-48)68-62-27-17-15-25-58(62)59-41-46(29-37-63(59)68)47-39-54(66(49-20-8-6-9-21-49)52-32-28-44-18-12-13-19-45(44)38-52)42-55(40-47)67(50-22-10-7-11-23-50)53-35-36-57-56-24-14-16-26-60(56)65(4,5)61(57)43-53/h6-43H,1-5H3. The van der Waals surface area contributed by atoms with Crippen LogP contribution in [0.15, 0.2) is 231 Å². The van der Waals surface area contributed by atoms with E-state index in [1.807, 2.05) is 0 Å². The Hall–Kier alpha value is -8.14. The van der Waals surface area contributed by atoms with E-state index in [4.69, 9.17) is 0 Å². The first-order chi connectivity index (χ1) is 33.1. The van der Waals surface area contributed by atoms with Gasteiger partial charge in [-0.25, -0.2) is 0 Å². The third-order valence-corrected chi connectivity index (χ3v) is 14.3. The minimum absolute atomic E-state index is 0.0745. The summed E-state index contributed by atoms with van der Waals surface area (Å²) in [6, 6.07) is 85.2. The summed E-state index contributed by atoms with van der Waals surface area (Å²) in [5.74, 6) is 0. The summed E-state index contributed by atoms with van der Waals surface area (Å²) in [7, 11) is 0. The van der Waals surface area contributed by atoms with Gasteiger partial charge in [-0.15, -0.1) is 0 Å². The molecule has 12 rings (SSSR count). The molecular weight excluding hydrogens is 823 g/mol. The molecule has 10 aromatic carbocycles. The minimum Gasteiger partial charge on any atom is -0.310 e. The third kappa shape index (κ3) is 6.97. The van der Waals surface area contributed by atoms with Crippen LogP contribution in [-0.4, -0.2) is 4.57 Å². The smallest absolute Gasteiger partial charge is 0.0541 e. The molecule has 1 aromatic heterocycles. The first-order valence-corrected chi connectivity index (χ1v) is 23.8. The number of nitrogens with zero attached hydrogens (tertiary/aromatic N) is 3. The van der Waals surface area contributed by atoms with Gasteiger partial charge in [-0.2, -0.15) is 0 Å². The monoisotopic (exact) mass is 875 g/mol. The number of benzene rings is 10. The fourth-order valence-electron chi connectivity index (χ4n) is 10.8. The van der Waals surface area contributed by atoms with Gasteiger partial charge in [0.15, 0.2) is 0 Å². The Labute approximate surface area is 399 Å². The fraction of sp³-hybridized carbons (Fsp3) is 0.108. The molecule has 0 spiro atoms. The van der Waals surface area contributed by atoms with E-state index in [2.05, 4.69) is 280 Å². The van der Waals surface area contributed by atoms with E-state index in [9.17, 15) is 0 Å². The summed E-state index contributed by atoms with van der Waals surface area (Å²) in [6.45, 7) is 11.5. The van der Waals surface area contributed by atoms with E-state index in [0.717, 1.165) is 50.9 Å². The second-order valence-corrected chi connectivity index (χ2v) is 19.9. The van der Waals surface area contributed by atoms with Crippen molar-refractivity contribution in [2.24, 2.45) is 0 Å². The van der Waals surface area contributed by atoms with Gasteiger partial charge in [0, 0.05) is 56.0 Å². The van der Waals surface area contributed by atoms with Crippen LogP contribution in [0.4, 0.5) is 34.1 Å². The Bertz CT molecular complexity index is 3690. The predicted octanol–water partition coefficient (Wildman–Crippen LogP) is 18.1. The molecule has 68 heavy (non-hydrogen) atoms. The molecule has 0 aliphatic heterocycles. The van der Waals surface area contributed by atoms with Crippen molar-refractivity contribution < 1.29 is 0 Å². The van der Waals surface area contributed by atoms with Gasteiger partial charge in [-0.1, -0.05) is 168 Å². The molecule has 0 N–H and O–H groups in total. The topological polar surface area (TPSA) is 11.4 Å². The van der Waals surface area contributed by atoms with Crippen molar-refractivity contribution in [1.82, 2.24) is 4.57 Å². The minimum atomic E-state index is -0.152. The molecule has 1 aliphatic carbocycles. The largest absolute Gasteiger partial charge is 0.310 e. The summed E-state index contributed by atoms with van der Waals surface area (Å²) in [5, 5.41) is 4.87. The number of hydrogen-bond acceptors (Lipinski definition) is 2. The zero-order chi connectivity index (χ0) is 46.1. The van der Waals surface area contributed by atoms with Crippen molar-refractivity contribution >= 4 is 66.7 Å². The number of hydrogen-bond donors (Lipinski definition) is 0. The van der Waals surface area contributed by atoms with Gasteiger partial charge >= 0.3 is 0 Å². The summed E-state index contributed by atoms with van der Waals surface area (Å²) >= 11 is 0. The molecule has 0 fully saturated rings. The van der Waals surface area contributed by atoms with Crippen molar-refractivity contribution in [1.29, 1.82) is 0 Å². The Morgan fingerprint density at radius 2 is 0.941 bits per heavy atom. The van der Waals surface area contributed by atoms with Gasteiger partial charge in [0.1, 0.15) is 0 Å². The maximum atomic E-state index is 2.45. The highest BCUT2D eigenvalue weighted by Gasteiger charge is 2.36. The molecule has 11 aromatic rings. The molecule has 0 radical (unpaired) electrons. The Kier molecular flexibility index (Phi) is 9.74. The van der Waals surface area contributed by atoms with Crippen LogP contribution in [0.1, 0.15) is 51.3 Å². The van der Waals surface area contributed by atoms with Gasteiger partial charge in [-0.05, 0) is 152 Å². The predicted molar refractivity (Wildman–Crippen MR) is 289 cm³/mol. The van der Waals surface area contributed by atoms with Crippen LogP contribution in [0.5, 0.6) is 0 Å². The lowest BCUT2D eigenvalue weighted by atomic mass is 9.82.